The van der Waals surface area contributed by atoms with E-state index >= 15 is 0 Å². The predicted octanol–water partition coefficient (Wildman–Crippen LogP) is 4.92. The Morgan fingerprint density at radius 3 is 2.74 bits per heavy atom. The third-order valence-corrected chi connectivity index (χ3v) is 7.69. The van der Waals surface area contributed by atoms with Crippen molar-refractivity contribution in [2.75, 3.05) is 13.1 Å². The van der Waals surface area contributed by atoms with Crippen molar-refractivity contribution >= 4 is 28.6 Å². The van der Waals surface area contributed by atoms with Crippen LogP contribution in [0.4, 0.5) is 4.39 Å². The smallest absolute Gasteiger partial charge is 0.265 e. The molecule has 0 saturated carbocycles. The Bertz CT molecular complexity index is 1220. The second kappa shape index (κ2) is 8.32. The van der Waals surface area contributed by atoms with Crippen molar-refractivity contribution in [2.45, 2.75) is 25.7 Å². The van der Waals surface area contributed by atoms with E-state index in [2.05, 4.69) is 15.2 Å². The fourth-order valence-electron chi connectivity index (χ4n) is 3.80. The molecule has 0 N–H and O–H groups in total. The van der Waals surface area contributed by atoms with Crippen LogP contribution in [0.5, 0.6) is 0 Å². The van der Waals surface area contributed by atoms with Gasteiger partial charge in [0.05, 0.1) is 5.69 Å². The molecule has 1 aromatic carbocycles. The van der Waals surface area contributed by atoms with E-state index in [1.54, 1.807) is 18.2 Å². The highest BCUT2D eigenvalue weighted by molar-refractivity contribution is 7.16. The number of hydrogen-bond acceptors (Lipinski definition) is 6. The summed E-state index contributed by atoms with van der Waals surface area (Å²) in [6, 6.07) is 10.5. The quantitative estimate of drug-likeness (QED) is 0.440. The highest BCUT2D eigenvalue weighted by Gasteiger charge is 2.30. The maximum atomic E-state index is 14.1. The number of aryl methyl sites for hydroxylation is 1. The zero-order valence-electron chi connectivity index (χ0n) is 16.9. The van der Waals surface area contributed by atoms with Gasteiger partial charge in [-0.1, -0.05) is 34.8 Å². The highest BCUT2D eigenvalue weighted by Crippen LogP contribution is 2.34. The molecular formula is C22H20FN5OS2. The van der Waals surface area contributed by atoms with Crippen molar-refractivity contribution in [2.24, 2.45) is 0 Å². The Labute approximate surface area is 187 Å². The molecule has 1 amide bonds. The van der Waals surface area contributed by atoms with Gasteiger partial charge in [-0.2, -0.15) is 0 Å². The third kappa shape index (κ3) is 3.90. The lowest BCUT2D eigenvalue weighted by Gasteiger charge is -2.31. The van der Waals surface area contributed by atoms with E-state index in [9.17, 15) is 9.18 Å². The number of thiazole rings is 1. The van der Waals surface area contributed by atoms with Gasteiger partial charge in [0, 0.05) is 37.0 Å². The molecule has 1 aliphatic rings. The molecule has 6 nitrogen and oxygen atoms in total. The van der Waals surface area contributed by atoms with Crippen molar-refractivity contribution in [1.29, 1.82) is 0 Å². The second-order valence-corrected chi connectivity index (χ2v) is 9.50. The summed E-state index contributed by atoms with van der Waals surface area (Å²) in [6.07, 6.45) is 5.68. The minimum atomic E-state index is -0.301. The van der Waals surface area contributed by atoms with Crippen LogP contribution in [0, 0.1) is 12.7 Å². The average Bonchev–Trinajstić information content (AvgIpc) is 3.54. The first-order chi connectivity index (χ1) is 15.1. The molecule has 0 radical (unpaired) electrons. The molecule has 9 heteroatoms. The van der Waals surface area contributed by atoms with E-state index in [1.807, 2.05) is 40.9 Å². The van der Waals surface area contributed by atoms with Gasteiger partial charge in [-0.3, -0.25) is 4.79 Å². The van der Waals surface area contributed by atoms with Crippen LogP contribution in [-0.4, -0.2) is 43.6 Å². The lowest BCUT2D eigenvalue weighted by atomic mass is 9.98. The molecule has 3 aromatic heterocycles. The van der Waals surface area contributed by atoms with Gasteiger partial charge in [0.2, 0.25) is 0 Å². The molecule has 1 atom stereocenters. The minimum absolute atomic E-state index is 0.0111. The van der Waals surface area contributed by atoms with E-state index in [1.165, 1.54) is 28.7 Å². The number of amides is 1. The predicted molar refractivity (Wildman–Crippen MR) is 119 cm³/mol. The molecule has 4 heterocycles. The van der Waals surface area contributed by atoms with Crippen molar-refractivity contribution in [3.05, 3.63) is 70.2 Å². The van der Waals surface area contributed by atoms with Crippen LogP contribution in [0.3, 0.4) is 0 Å². The zero-order chi connectivity index (χ0) is 21.4. The number of rotatable bonds is 4. The Kier molecular flexibility index (Phi) is 5.37. The number of hydrogen-bond donors (Lipinski definition) is 0. The second-order valence-electron chi connectivity index (χ2n) is 7.52. The fourth-order valence-corrected chi connectivity index (χ4v) is 5.80. The molecule has 31 heavy (non-hydrogen) atoms. The van der Waals surface area contributed by atoms with Crippen LogP contribution in [0.2, 0.25) is 0 Å². The summed E-state index contributed by atoms with van der Waals surface area (Å²) < 4.78 is 16.0. The van der Waals surface area contributed by atoms with E-state index in [-0.39, 0.29) is 17.6 Å². The van der Waals surface area contributed by atoms with Crippen molar-refractivity contribution in [3.63, 3.8) is 0 Å². The molecule has 0 aliphatic carbocycles. The number of nitrogens with zero attached hydrogens (tertiary/aromatic N) is 5. The zero-order valence-corrected chi connectivity index (χ0v) is 18.5. The standard InChI is InChI=1S/C22H20FN5OS2/c1-14-18(30-22(24-14)27-10-4-5-11-27)21(29)28-12-6-7-15(13-28)19-25-26-20(31-19)16-8-2-3-9-17(16)23/h2-5,8-11,15H,6-7,12-13H2,1H3. The first-order valence-corrected chi connectivity index (χ1v) is 11.7. The number of likely N-dealkylation sites (tertiary alicyclic amines) is 1. The highest BCUT2D eigenvalue weighted by atomic mass is 32.1. The van der Waals surface area contributed by atoms with Gasteiger partial charge in [-0.05, 0) is 44.0 Å². The van der Waals surface area contributed by atoms with Crippen LogP contribution in [0.25, 0.3) is 15.7 Å². The van der Waals surface area contributed by atoms with Gasteiger partial charge in [0.25, 0.3) is 5.91 Å². The van der Waals surface area contributed by atoms with Crippen LogP contribution < -0.4 is 0 Å². The molecule has 0 spiro atoms. The number of carbonyl (C=O) groups is 1. The van der Waals surface area contributed by atoms with E-state index in [0.717, 1.165) is 28.7 Å². The van der Waals surface area contributed by atoms with Crippen LogP contribution in [-0.2, 0) is 0 Å². The van der Waals surface area contributed by atoms with Crippen LogP contribution in [0.1, 0.15) is 39.1 Å². The van der Waals surface area contributed by atoms with Gasteiger partial charge in [-0.15, -0.1) is 10.2 Å². The number of aromatic nitrogens is 4. The van der Waals surface area contributed by atoms with Crippen LogP contribution in [0.15, 0.2) is 48.8 Å². The van der Waals surface area contributed by atoms with Gasteiger partial charge < -0.3 is 9.47 Å². The average molecular weight is 454 g/mol. The summed E-state index contributed by atoms with van der Waals surface area (Å²) in [7, 11) is 0. The molecular weight excluding hydrogens is 433 g/mol. The minimum Gasteiger partial charge on any atom is -0.337 e. The molecule has 158 valence electrons. The lowest BCUT2D eigenvalue weighted by Crippen LogP contribution is -2.39. The number of carbonyl (C=O) groups excluding carboxylic acids is 1. The number of piperidine rings is 1. The summed E-state index contributed by atoms with van der Waals surface area (Å²) in [5.41, 5.74) is 1.21. The molecule has 1 aliphatic heterocycles. The maximum Gasteiger partial charge on any atom is 0.265 e. The first-order valence-electron chi connectivity index (χ1n) is 10.1. The first kappa shape index (κ1) is 20.0. The summed E-state index contributed by atoms with van der Waals surface area (Å²) in [5.74, 6) is -0.186. The normalized spacial score (nSPS) is 16.6. The van der Waals surface area contributed by atoms with Crippen molar-refractivity contribution in [1.82, 2.24) is 24.6 Å². The molecule has 1 unspecified atom stereocenters. The van der Waals surface area contributed by atoms with Crippen LogP contribution >= 0.6 is 22.7 Å². The van der Waals surface area contributed by atoms with Gasteiger partial charge in [0.15, 0.2) is 10.1 Å². The fraction of sp³-hybridized carbons (Fsp3) is 0.273. The topological polar surface area (TPSA) is 63.9 Å². The Balaban J connectivity index is 1.34. The van der Waals surface area contributed by atoms with Gasteiger partial charge in [-0.25, -0.2) is 9.37 Å². The summed E-state index contributed by atoms with van der Waals surface area (Å²) in [6.45, 7) is 3.18. The van der Waals surface area contributed by atoms with E-state index < -0.39 is 0 Å². The van der Waals surface area contributed by atoms with E-state index in [4.69, 9.17) is 0 Å². The number of halogens is 1. The van der Waals surface area contributed by atoms with Crippen molar-refractivity contribution in [3.8, 4) is 15.7 Å². The Morgan fingerprint density at radius 2 is 1.94 bits per heavy atom. The summed E-state index contributed by atoms with van der Waals surface area (Å²) >= 11 is 2.82. The maximum absolute atomic E-state index is 14.1. The molecule has 1 saturated heterocycles. The third-order valence-electron chi connectivity index (χ3n) is 5.41. The monoisotopic (exact) mass is 453 g/mol. The number of benzene rings is 1. The molecule has 4 aromatic rings. The SMILES string of the molecule is Cc1nc(-n2cccc2)sc1C(=O)N1CCCC(c2nnc(-c3ccccc3F)s2)C1. The van der Waals surface area contributed by atoms with Gasteiger partial charge >= 0.3 is 0 Å². The van der Waals surface area contributed by atoms with E-state index in [0.29, 0.717) is 28.5 Å². The molecule has 1 fully saturated rings. The summed E-state index contributed by atoms with van der Waals surface area (Å²) in [4.78, 5) is 20.4. The molecule has 5 rings (SSSR count). The lowest BCUT2D eigenvalue weighted by molar-refractivity contribution is 0.0711. The Hall–Kier alpha value is -2.91. The Morgan fingerprint density at radius 1 is 1.13 bits per heavy atom. The van der Waals surface area contributed by atoms with Gasteiger partial charge in [0.1, 0.15) is 15.7 Å². The molecule has 0 bridgehead atoms. The summed E-state index contributed by atoms with van der Waals surface area (Å²) in [5, 5.41) is 10.8. The van der Waals surface area contributed by atoms with Crippen molar-refractivity contribution < 1.29 is 9.18 Å². The largest absolute Gasteiger partial charge is 0.337 e.